The highest BCUT2D eigenvalue weighted by Crippen LogP contribution is 2.23. The van der Waals surface area contributed by atoms with E-state index in [1.165, 1.54) is 22.5 Å². The van der Waals surface area contributed by atoms with E-state index in [4.69, 9.17) is 4.74 Å². The first-order valence-electron chi connectivity index (χ1n) is 10.5. The molecule has 0 bridgehead atoms. The van der Waals surface area contributed by atoms with Crippen molar-refractivity contribution < 1.29 is 22.3 Å². The van der Waals surface area contributed by atoms with Gasteiger partial charge < -0.3 is 10.1 Å². The average Bonchev–Trinajstić information content (AvgIpc) is 2.75. The molecule has 0 spiro atoms. The van der Waals surface area contributed by atoms with Gasteiger partial charge in [-0.15, -0.1) is 0 Å². The van der Waals surface area contributed by atoms with E-state index < -0.39 is 15.8 Å². The lowest BCUT2D eigenvalue weighted by atomic mass is 9.97. The van der Waals surface area contributed by atoms with Crippen LogP contribution in [0.3, 0.4) is 0 Å². The van der Waals surface area contributed by atoms with Crippen LogP contribution >= 0.6 is 0 Å². The Kier molecular flexibility index (Phi) is 7.67. The third-order valence-corrected chi connectivity index (χ3v) is 7.25. The van der Waals surface area contributed by atoms with Crippen LogP contribution in [0.4, 0.5) is 4.39 Å². The lowest BCUT2D eigenvalue weighted by Gasteiger charge is -2.31. The third-order valence-electron chi connectivity index (χ3n) is 5.42. The van der Waals surface area contributed by atoms with Gasteiger partial charge in [0.15, 0.2) is 0 Å². The topological polar surface area (TPSA) is 75.7 Å². The second-order valence-electron chi connectivity index (χ2n) is 8.05. The van der Waals surface area contributed by atoms with Crippen LogP contribution in [0.15, 0.2) is 48.5 Å². The number of amides is 1. The van der Waals surface area contributed by atoms with Gasteiger partial charge in [0.25, 0.3) is 0 Å². The second kappa shape index (κ2) is 10.2. The average molecular weight is 449 g/mol. The Labute approximate surface area is 183 Å². The van der Waals surface area contributed by atoms with Crippen LogP contribution in [0.2, 0.25) is 0 Å². The molecule has 1 aliphatic heterocycles. The largest absolute Gasteiger partial charge is 0.491 e. The molecule has 1 atom stereocenters. The van der Waals surface area contributed by atoms with Gasteiger partial charge in [0.05, 0.1) is 11.8 Å². The number of aryl methyl sites for hydroxylation is 1. The summed E-state index contributed by atoms with van der Waals surface area (Å²) in [5, 5.41) is 2.95. The van der Waals surface area contributed by atoms with E-state index in [-0.39, 0.29) is 42.3 Å². The molecule has 0 aromatic heterocycles. The highest BCUT2D eigenvalue weighted by molar-refractivity contribution is 7.88. The van der Waals surface area contributed by atoms with Crippen LogP contribution in [0.5, 0.6) is 5.75 Å². The van der Waals surface area contributed by atoms with Crippen LogP contribution in [-0.2, 0) is 20.6 Å². The standard InChI is InChI=1S/C23H29FN2O4S/c1-17-7-9-21(10-8-17)30-15-18(2)25-23(27)19-11-13-26(14-12-19)31(28,29)16-20-5-3-4-6-22(20)24/h3-10,18-19H,11-16H2,1-2H3,(H,25,27)/t18-/m0/s1. The molecule has 0 radical (unpaired) electrons. The predicted octanol–water partition coefficient (Wildman–Crippen LogP) is 3.26. The number of rotatable bonds is 8. The zero-order chi connectivity index (χ0) is 22.4. The lowest BCUT2D eigenvalue weighted by Crippen LogP contribution is -2.46. The number of sulfonamides is 1. The van der Waals surface area contributed by atoms with Crippen molar-refractivity contribution in [2.45, 2.75) is 38.5 Å². The summed E-state index contributed by atoms with van der Waals surface area (Å²) in [5.74, 6) is -0.487. The Morgan fingerprint density at radius 3 is 2.45 bits per heavy atom. The molecule has 2 aromatic carbocycles. The minimum atomic E-state index is -3.63. The third kappa shape index (κ3) is 6.51. The highest BCUT2D eigenvalue weighted by Gasteiger charge is 2.32. The normalized spacial score (nSPS) is 16.6. The van der Waals surface area contributed by atoms with Gasteiger partial charge in [0, 0.05) is 24.6 Å². The molecule has 168 valence electrons. The molecule has 8 heteroatoms. The molecule has 6 nitrogen and oxygen atoms in total. The molecule has 1 heterocycles. The molecular weight excluding hydrogens is 419 g/mol. The SMILES string of the molecule is Cc1ccc(OC[C@H](C)NC(=O)C2CCN(S(=O)(=O)Cc3ccccc3F)CC2)cc1. The van der Waals surface area contributed by atoms with Gasteiger partial charge in [-0.2, -0.15) is 0 Å². The summed E-state index contributed by atoms with van der Waals surface area (Å²) in [6.45, 7) is 4.74. The first kappa shape index (κ1) is 23.2. The highest BCUT2D eigenvalue weighted by atomic mass is 32.2. The van der Waals surface area contributed by atoms with Gasteiger partial charge in [-0.3, -0.25) is 4.79 Å². The predicted molar refractivity (Wildman–Crippen MR) is 118 cm³/mol. The number of ether oxygens (including phenoxy) is 1. The Morgan fingerprint density at radius 1 is 1.16 bits per heavy atom. The summed E-state index contributed by atoms with van der Waals surface area (Å²) in [4.78, 5) is 12.6. The second-order valence-corrected chi connectivity index (χ2v) is 10.0. The van der Waals surface area contributed by atoms with E-state index in [2.05, 4.69) is 5.32 Å². The number of hydrogen-bond acceptors (Lipinski definition) is 4. The van der Waals surface area contributed by atoms with Gasteiger partial charge in [0.1, 0.15) is 18.2 Å². The van der Waals surface area contributed by atoms with Crippen LogP contribution in [0.25, 0.3) is 0 Å². The number of piperidine rings is 1. The molecule has 1 fully saturated rings. The first-order chi connectivity index (χ1) is 14.7. The van der Waals surface area contributed by atoms with Crippen LogP contribution in [0.1, 0.15) is 30.9 Å². The van der Waals surface area contributed by atoms with Crippen molar-refractivity contribution in [3.8, 4) is 5.75 Å². The molecule has 1 N–H and O–H groups in total. The maximum Gasteiger partial charge on any atom is 0.223 e. The number of carbonyl (C=O) groups is 1. The lowest BCUT2D eigenvalue weighted by molar-refractivity contribution is -0.126. The molecule has 1 aliphatic rings. The first-order valence-corrected chi connectivity index (χ1v) is 12.1. The fourth-order valence-electron chi connectivity index (χ4n) is 3.56. The Balaban J connectivity index is 1.45. The number of halogens is 1. The summed E-state index contributed by atoms with van der Waals surface area (Å²) in [7, 11) is -3.63. The number of nitrogens with one attached hydrogen (secondary N) is 1. The molecule has 1 amide bonds. The van der Waals surface area contributed by atoms with Gasteiger partial charge >= 0.3 is 0 Å². The van der Waals surface area contributed by atoms with Crippen molar-refractivity contribution in [1.29, 1.82) is 0 Å². The minimum Gasteiger partial charge on any atom is -0.491 e. The van der Waals surface area contributed by atoms with Crippen molar-refractivity contribution in [2.24, 2.45) is 5.92 Å². The minimum absolute atomic E-state index is 0.0915. The number of nitrogens with zero attached hydrogens (tertiary/aromatic N) is 1. The molecule has 0 unspecified atom stereocenters. The van der Waals surface area contributed by atoms with E-state index in [9.17, 15) is 17.6 Å². The molecule has 31 heavy (non-hydrogen) atoms. The zero-order valence-corrected chi connectivity index (χ0v) is 18.7. The van der Waals surface area contributed by atoms with Crippen LogP contribution < -0.4 is 10.1 Å². The van der Waals surface area contributed by atoms with Crippen LogP contribution in [-0.4, -0.2) is 44.4 Å². The fraction of sp³-hybridized carbons (Fsp3) is 0.435. The summed E-state index contributed by atoms with van der Waals surface area (Å²) in [5.41, 5.74) is 1.31. The fourth-order valence-corrected chi connectivity index (χ4v) is 5.13. The number of carbonyl (C=O) groups excluding carboxylic acids is 1. The van der Waals surface area contributed by atoms with Gasteiger partial charge in [-0.1, -0.05) is 35.9 Å². The maximum absolute atomic E-state index is 13.8. The molecule has 1 saturated heterocycles. The van der Waals surface area contributed by atoms with E-state index in [0.29, 0.717) is 19.4 Å². The van der Waals surface area contributed by atoms with E-state index >= 15 is 0 Å². The monoisotopic (exact) mass is 448 g/mol. The number of benzene rings is 2. The van der Waals surface area contributed by atoms with Gasteiger partial charge in [-0.25, -0.2) is 17.1 Å². The van der Waals surface area contributed by atoms with Crippen molar-refractivity contribution in [3.63, 3.8) is 0 Å². The van der Waals surface area contributed by atoms with Crippen molar-refractivity contribution in [1.82, 2.24) is 9.62 Å². The van der Waals surface area contributed by atoms with Crippen molar-refractivity contribution in [3.05, 3.63) is 65.5 Å². The van der Waals surface area contributed by atoms with E-state index in [0.717, 1.165) is 11.3 Å². The van der Waals surface area contributed by atoms with E-state index in [1.807, 2.05) is 38.1 Å². The Hall–Kier alpha value is -2.45. The smallest absolute Gasteiger partial charge is 0.223 e. The summed E-state index contributed by atoms with van der Waals surface area (Å²) in [6.07, 6.45) is 0.877. The molecule has 0 aliphatic carbocycles. The molecule has 2 aromatic rings. The van der Waals surface area contributed by atoms with Gasteiger partial charge in [0.2, 0.25) is 15.9 Å². The van der Waals surface area contributed by atoms with E-state index in [1.54, 1.807) is 6.07 Å². The Morgan fingerprint density at radius 2 is 1.81 bits per heavy atom. The van der Waals surface area contributed by atoms with Crippen molar-refractivity contribution in [2.75, 3.05) is 19.7 Å². The zero-order valence-electron chi connectivity index (χ0n) is 17.9. The summed E-state index contributed by atoms with van der Waals surface area (Å²) in [6, 6.07) is 13.4. The Bertz CT molecular complexity index is 987. The maximum atomic E-state index is 13.8. The van der Waals surface area contributed by atoms with Crippen molar-refractivity contribution >= 4 is 15.9 Å². The molecule has 3 rings (SSSR count). The molecular formula is C23H29FN2O4S. The quantitative estimate of drug-likeness (QED) is 0.673. The number of hydrogen-bond donors (Lipinski definition) is 1. The van der Waals surface area contributed by atoms with Crippen LogP contribution in [0, 0.1) is 18.7 Å². The summed E-state index contributed by atoms with van der Waals surface area (Å²) < 4.78 is 46.2. The summed E-state index contributed by atoms with van der Waals surface area (Å²) >= 11 is 0. The molecule has 0 saturated carbocycles. The van der Waals surface area contributed by atoms with Gasteiger partial charge in [-0.05, 0) is 44.9 Å².